The second-order valence-corrected chi connectivity index (χ2v) is 6.32. The van der Waals surface area contributed by atoms with Gasteiger partial charge in [-0.3, -0.25) is 4.79 Å². The third kappa shape index (κ3) is 3.81. The highest BCUT2D eigenvalue weighted by Crippen LogP contribution is 2.16. The van der Waals surface area contributed by atoms with Gasteiger partial charge in [-0.15, -0.1) is 0 Å². The summed E-state index contributed by atoms with van der Waals surface area (Å²) in [6.07, 6.45) is 1.84. The zero-order valence-electron chi connectivity index (χ0n) is 9.35. The Bertz CT molecular complexity index is 389. The van der Waals surface area contributed by atoms with Crippen LogP contribution in [0.5, 0.6) is 0 Å². The van der Waals surface area contributed by atoms with Gasteiger partial charge in [0.1, 0.15) is 11.5 Å². The van der Waals surface area contributed by atoms with E-state index in [1.807, 2.05) is 0 Å². The molecule has 0 aliphatic carbocycles. The third-order valence-electron chi connectivity index (χ3n) is 2.76. The number of hydrogen-bond acceptors (Lipinski definition) is 4. The molecule has 0 atom stereocenters. The Morgan fingerprint density at radius 1 is 1.44 bits per heavy atom. The van der Waals surface area contributed by atoms with Crippen LogP contribution in [-0.2, 0) is 14.6 Å². The molecule has 6 heteroatoms. The highest BCUT2D eigenvalue weighted by atomic mass is 32.2. The number of nitrogens with zero attached hydrogens (tertiary/aromatic N) is 2. The largest absolute Gasteiger partial charge is 0.342 e. The number of sulfone groups is 1. The fourth-order valence-corrected chi connectivity index (χ4v) is 2.54. The van der Waals surface area contributed by atoms with Gasteiger partial charge in [-0.2, -0.15) is 5.26 Å². The smallest absolute Gasteiger partial charge is 0.237 e. The summed E-state index contributed by atoms with van der Waals surface area (Å²) in [5, 5.41) is 8.31. The van der Waals surface area contributed by atoms with Crippen LogP contribution in [0.4, 0.5) is 0 Å². The van der Waals surface area contributed by atoms with Crippen molar-refractivity contribution in [2.75, 3.05) is 24.6 Å². The van der Waals surface area contributed by atoms with Crippen molar-refractivity contribution in [3.05, 3.63) is 0 Å². The Hall–Kier alpha value is -1.09. The van der Waals surface area contributed by atoms with Crippen LogP contribution in [0.1, 0.15) is 19.8 Å². The Labute approximate surface area is 96.0 Å². The maximum atomic E-state index is 11.6. The predicted octanol–water partition coefficient (Wildman–Crippen LogP) is 0.183. The second kappa shape index (κ2) is 5.30. The van der Waals surface area contributed by atoms with E-state index in [-0.39, 0.29) is 5.91 Å². The van der Waals surface area contributed by atoms with Gasteiger partial charge in [0, 0.05) is 13.1 Å². The summed E-state index contributed by atoms with van der Waals surface area (Å²) in [7, 11) is -3.55. The first-order valence-corrected chi connectivity index (χ1v) is 7.12. The Kier molecular flexibility index (Phi) is 4.30. The minimum Gasteiger partial charge on any atom is -0.342 e. The van der Waals surface area contributed by atoms with Gasteiger partial charge in [-0.05, 0) is 18.8 Å². The van der Waals surface area contributed by atoms with Crippen LogP contribution < -0.4 is 0 Å². The lowest BCUT2D eigenvalue weighted by molar-refractivity contribution is -0.129. The number of hydrogen-bond donors (Lipinski definition) is 0. The molecule has 1 heterocycles. The topological polar surface area (TPSA) is 78.2 Å². The van der Waals surface area contributed by atoms with Crippen molar-refractivity contribution in [3.63, 3.8) is 0 Å². The first kappa shape index (κ1) is 13.0. The van der Waals surface area contributed by atoms with Crippen molar-refractivity contribution in [1.29, 1.82) is 5.26 Å². The molecule has 16 heavy (non-hydrogen) atoms. The van der Waals surface area contributed by atoms with E-state index in [2.05, 4.69) is 6.92 Å². The van der Waals surface area contributed by atoms with Gasteiger partial charge in [0.05, 0.1) is 6.07 Å². The molecule has 1 aliphatic rings. The van der Waals surface area contributed by atoms with Crippen molar-refractivity contribution in [2.45, 2.75) is 19.8 Å². The van der Waals surface area contributed by atoms with E-state index in [4.69, 9.17) is 5.26 Å². The summed E-state index contributed by atoms with van der Waals surface area (Å²) in [5.74, 6) is -0.889. The molecule has 90 valence electrons. The van der Waals surface area contributed by atoms with Crippen LogP contribution >= 0.6 is 0 Å². The molecule has 0 aromatic carbocycles. The quantitative estimate of drug-likeness (QED) is 0.709. The van der Waals surface area contributed by atoms with Crippen molar-refractivity contribution in [2.24, 2.45) is 5.92 Å². The van der Waals surface area contributed by atoms with Crippen LogP contribution in [0.2, 0.25) is 0 Å². The second-order valence-electron chi connectivity index (χ2n) is 4.25. The molecular weight excluding hydrogens is 228 g/mol. The minimum atomic E-state index is -3.55. The molecule has 1 fully saturated rings. The van der Waals surface area contributed by atoms with E-state index in [1.165, 1.54) is 0 Å². The lowest BCUT2D eigenvalue weighted by Crippen LogP contribution is -2.41. The zero-order valence-corrected chi connectivity index (χ0v) is 10.2. The molecule has 0 unspecified atom stereocenters. The maximum absolute atomic E-state index is 11.6. The van der Waals surface area contributed by atoms with Crippen molar-refractivity contribution < 1.29 is 13.2 Å². The number of rotatable bonds is 3. The van der Waals surface area contributed by atoms with Gasteiger partial charge < -0.3 is 4.90 Å². The number of likely N-dealkylation sites (tertiary alicyclic amines) is 1. The maximum Gasteiger partial charge on any atom is 0.237 e. The molecule has 0 N–H and O–H groups in total. The average Bonchev–Trinajstić information content (AvgIpc) is 2.17. The summed E-state index contributed by atoms with van der Waals surface area (Å²) in [6, 6.07) is 1.56. The molecule has 0 saturated carbocycles. The van der Waals surface area contributed by atoms with Gasteiger partial charge in [-0.25, -0.2) is 8.42 Å². The standard InChI is InChI=1S/C10H16N2O3S/c1-9-2-5-12(6-3-9)10(13)8-16(14,15)7-4-11/h9H,2-3,5-8H2,1H3. The van der Waals surface area contributed by atoms with Gasteiger partial charge in [-0.1, -0.05) is 6.92 Å². The Balaban J connectivity index is 2.51. The fraction of sp³-hybridized carbons (Fsp3) is 0.800. The predicted molar refractivity (Wildman–Crippen MR) is 59.2 cm³/mol. The summed E-state index contributed by atoms with van der Waals surface area (Å²) < 4.78 is 22.6. The summed E-state index contributed by atoms with van der Waals surface area (Å²) in [4.78, 5) is 13.2. The van der Waals surface area contributed by atoms with Crippen molar-refractivity contribution in [3.8, 4) is 6.07 Å². The number of nitriles is 1. The highest BCUT2D eigenvalue weighted by Gasteiger charge is 2.24. The lowest BCUT2D eigenvalue weighted by Gasteiger charge is -2.30. The number of carbonyl (C=O) groups excluding carboxylic acids is 1. The molecule has 1 saturated heterocycles. The Morgan fingerprint density at radius 2 is 2.00 bits per heavy atom. The SMILES string of the molecule is CC1CCN(C(=O)CS(=O)(=O)CC#N)CC1. The van der Waals surface area contributed by atoms with E-state index in [1.54, 1.807) is 11.0 Å². The van der Waals surface area contributed by atoms with Crippen molar-refractivity contribution in [1.82, 2.24) is 4.90 Å². The third-order valence-corrected chi connectivity index (χ3v) is 4.02. The molecule has 1 rings (SSSR count). The normalized spacial score (nSPS) is 18.1. The van der Waals surface area contributed by atoms with E-state index in [0.29, 0.717) is 19.0 Å². The van der Waals surface area contributed by atoms with E-state index >= 15 is 0 Å². The summed E-state index contributed by atoms with van der Waals surface area (Å²) in [6.45, 7) is 3.37. The molecule has 0 aromatic rings. The van der Waals surface area contributed by atoms with Crippen LogP contribution in [0, 0.1) is 17.2 Å². The van der Waals surface area contributed by atoms with E-state index in [0.717, 1.165) is 12.8 Å². The monoisotopic (exact) mass is 244 g/mol. The highest BCUT2D eigenvalue weighted by molar-refractivity contribution is 7.92. The molecule has 1 amide bonds. The molecule has 0 bridgehead atoms. The number of piperidine rings is 1. The minimum absolute atomic E-state index is 0.373. The molecule has 0 aromatic heterocycles. The zero-order chi connectivity index (χ0) is 12.2. The first-order chi connectivity index (χ1) is 7.44. The van der Waals surface area contributed by atoms with Gasteiger partial charge in [0.2, 0.25) is 5.91 Å². The fourth-order valence-electron chi connectivity index (χ4n) is 1.69. The van der Waals surface area contributed by atoms with Gasteiger partial charge in [0.15, 0.2) is 9.84 Å². The molecular formula is C10H16N2O3S. The van der Waals surface area contributed by atoms with Crippen LogP contribution in [0.3, 0.4) is 0 Å². The molecule has 1 aliphatic heterocycles. The number of carbonyl (C=O) groups is 1. The molecule has 5 nitrogen and oxygen atoms in total. The van der Waals surface area contributed by atoms with E-state index < -0.39 is 21.3 Å². The Morgan fingerprint density at radius 3 is 2.50 bits per heavy atom. The molecule has 0 radical (unpaired) electrons. The summed E-state index contributed by atoms with van der Waals surface area (Å²) >= 11 is 0. The number of amides is 1. The van der Waals surface area contributed by atoms with Crippen molar-refractivity contribution >= 4 is 15.7 Å². The average molecular weight is 244 g/mol. The summed E-state index contributed by atoms with van der Waals surface area (Å²) in [5.41, 5.74) is 0. The van der Waals surface area contributed by atoms with E-state index in [9.17, 15) is 13.2 Å². The van der Waals surface area contributed by atoms with Gasteiger partial charge >= 0.3 is 0 Å². The lowest BCUT2D eigenvalue weighted by atomic mass is 9.99. The van der Waals surface area contributed by atoms with Gasteiger partial charge in [0.25, 0.3) is 0 Å². The van der Waals surface area contributed by atoms with Crippen LogP contribution in [0.15, 0.2) is 0 Å². The molecule has 0 spiro atoms. The van der Waals surface area contributed by atoms with Crippen LogP contribution in [-0.4, -0.2) is 43.8 Å². The van der Waals surface area contributed by atoms with Crippen LogP contribution in [0.25, 0.3) is 0 Å². The first-order valence-electron chi connectivity index (χ1n) is 5.30.